The molecule has 1 aromatic carbocycles. The van der Waals surface area contributed by atoms with Crippen LogP contribution in [-0.2, 0) is 30.6 Å². The highest BCUT2D eigenvalue weighted by atomic mass is 32.2. The fourth-order valence-electron chi connectivity index (χ4n) is 3.58. The lowest BCUT2D eigenvalue weighted by atomic mass is 10.1. The molecule has 146 valence electrons. The zero-order chi connectivity index (χ0) is 19.6. The first-order chi connectivity index (χ1) is 12.7. The van der Waals surface area contributed by atoms with Gasteiger partial charge in [0.1, 0.15) is 0 Å². The van der Waals surface area contributed by atoms with Gasteiger partial charge in [0.25, 0.3) is 0 Å². The molecule has 0 aliphatic carbocycles. The maximum absolute atomic E-state index is 12.5. The van der Waals surface area contributed by atoms with Crippen LogP contribution in [0.25, 0.3) is 0 Å². The molecule has 2 N–H and O–H groups in total. The molecule has 2 atom stereocenters. The SMILES string of the molecule is O=C(O)CCc1cccc(NC(=O)C2CC(=O)N(C3CCS(=O)(=O)C3)C2)c1. The number of carboxylic acid groups (broad SMARTS) is 1. The van der Waals surface area contributed by atoms with Gasteiger partial charge in [0.15, 0.2) is 9.84 Å². The number of likely N-dealkylation sites (tertiary alicyclic amines) is 1. The van der Waals surface area contributed by atoms with E-state index in [1.54, 1.807) is 24.3 Å². The van der Waals surface area contributed by atoms with Crippen molar-refractivity contribution in [2.75, 3.05) is 23.4 Å². The highest BCUT2D eigenvalue weighted by molar-refractivity contribution is 7.91. The molecule has 1 aromatic rings. The summed E-state index contributed by atoms with van der Waals surface area (Å²) < 4.78 is 23.3. The molecule has 2 amide bonds. The van der Waals surface area contributed by atoms with Gasteiger partial charge in [0.05, 0.1) is 17.4 Å². The van der Waals surface area contributed by atoms with Crippen molar-refractivity contribution in [3.05, 3.63) is 29.8 Å². The van der Waals surface area contributed by atoms with Gasteiger partial charge in [-0.25, -0.2) is 8.42 Å². The third-order valence-electron chi connectivity index (χ3n) is 5.00. The van der Waals surface area contributed by atoms with Crippen LogP contribution in [0.3, 0.4) is 0 Å². The van der Waals surface area contributed by atoms with Crippen molar-refractivity contribution in [1.82, 2.24) is 4.90 Å². The third-order valence-corrected chi connectivity index (χ3v) is 6.75. The van der Waals surface area contributed by atoms with Gasteiger partial charge in [-0.1, -0.05) is 12.1 Å². The van der Waals surface area contributed by atoms with Gasteiger partial charge in [0.2, 0.25) is 11.8 Å². The molecule has 0 saturated carbocycles. The number of hydrogen-bond donors (Lipinski definition) is 2. The summed E-state index contributed by atoms with van der Waals surface area (Å²) in [5.41, 5.74) is 1.35. The van der Waals surface area contributed by atoms with Crippen molar-refractivity contribution < 1.29 is 27.9 Å². The predicted molar refractivity (Wildman–Crippen MR) is 97.9 cm³/mol. The highest BCUT2D eigenvalue weighted by Crippen LogP contribution is 2.27. The Morgan fingerprint density at radius 2 is 2.07 bits per heavy atom. The summed E-state index contributed by atoms with van der Waals surface area (Å²) in [7, 11) is -3.10. The second kappa shape index (κ2) is 7.67. The zero-order valence-corrected chi connectivity index (χ0v) is 15.6. The summed E-state index contributed by atoms with van der Waals surface area (Å²) in [5.74, 6) is -1.83. The van der Waals surface area contributed by atoms with Crippen LogP contribution in [-0.4, -0.2) is 60.3 Å². The van der Waals surface area contributed by atoms with E-state index in [2.05, 4.69) is 5.32 Å². The first kappa shape index (κ1) is 19.3. The van der Waals surface area contributed by atoms with Crippen LogP contribution < -0.4 is 5.32 Å². The lowest BCUT2D eigenvalue weighted by Crippen LogP contribution is -2.38. The summed E-state index contributed by atoms with van der Waals surface area (Å²) in [5, 5.41) is 11.5. The topological polar surface area (TPSA) is 121 Å². The quantitative estimate of drug-likeness (QED) is 0.732. The lowest BCUT2D eigenvalue weighted by molar-refractivity contribution is -0.137. The van der Waals surface area contributed by atoms with Gasteiger partial charge in [-0.05, 0) is 30.5 Å². The van der Waals surface area contributed by atoms with Crippen molar-refractivity contribution >= 4 is 33.3 Å². The molecule has 2 fully saturated rings. The number of nitrogens with zero attached hydrogens (tertiary/aromatic N) is 1. The monoisotopic (exact) mass is 394 g/mol. The Bertz CT molecular complexity index is 866. The van der Waals surface area contributed by atoms with Crippen molar-refractivity contribution in [3.63, 3.8) is 0 Å². The van der Waals surface area contributed by atoms with E-state index in [9.17, 15) is 22.8 Å². The van der Waals surface area contributed by atoms with Gasteiger partial charge in [-0.15, -0.1) is 0 Å². The molecular weight excluding hydrogens is 372 g/mol. The molecule has 0 aromatic heterocycles. The molecule has 0 spiro atoms. The number of carboxylic acids is 1. The second-order valence-electron chi connectivity index (χ2n) is 7.09. The van der Waals surface area contributed by atoms with Crippen LogP contribution in [0.4, 0.5) is 5.69 Å². The predicted octanol–water partition coefficient (Wildman–Crippen LogP) is 0.678. The maximum atomic E-state index is 12.5. The summed E-state index contributed by atoms with van der Waals surface area (Å²) >= 11 is 0. The number of nitrogens with one attached hydrogen (secondary N) is 1. The maximum Gasteiger partial charge on any atom is 0.303 e. The van der Waals surface area contributed by atoms with Crippen molar-refractivity contribution in [2.45, 2.75) is 31.7 Å². The van der Waals surface area contributed by atoms with Gasteiger partial charge < -0.3 is 15.3 Å². The Labute approximate surface area is 157 Å². The summed E-state index contributed by atoms with van der Waals surface area (Å²) in [4.78, 5) is 37.0. The average Bonchev–Trinajstić information content (AvgIpc) is 3.15. The minimum atomic E-state index is -3.10. The fourth-order valence-corrected chi connectivity index (χ4v) is 5.31. The van der Waals surface area contributed by atoms with E-state index in [0.29, 0.717) is 18.5 Å². The average molecular weight is 394 g/mol. The first-order valence-electron chi connectivity index (χ1n) is 8.85. The van der Waals surface area contributed by atoms with Crippen LogP contribution in [0.5, 0.6) is 0 Å². The van der Waals surface area contributed by atoms with Gasteiger partial charge >= 0.3 is 5.97 Å². The number of benzene rings is 1. The largest absolute Gasteiger partial charge is 0.481 e. The number of anilines is 1. The fraction of sp³-hybridized carbons (Fsp3) is 0.500. The standard InChI is InChI=1S/C18H22N2O6S/c21-16-9-13(10-20(16)15-6-7-27(25,26)11-15)18(24)19-14-3-1-2-12(8-14)4-5-17(22)23/h1-3,8,13,15H,4-7,9-11H2,(H,19,24)(H,22,23). The van der Waals surface area contributed by atoms with E-state index >= 15 is 0 Å². The molecule has 2 aliphatic heterocycles. The number of carbonyl (C=O) groups excluding carboxylic acids is 2. The molecule has 2 aliphatic rings. The summed E-state index contributed by atoms with van der Waals surface area (Å²) in [6.45, 7) is 0.226. The molecule has 2 heterocycles. The Hall–Kier alpha value is -2.42. The summed E-state index contributed by atoms with van der Waals surface area (Å²) in [6.07, 6.45) is 0.869. The molecule has 0 radical (unpaired) electrons. The molecular formula is C18H22N2O6S. The minimum absolute atomic E-state index is 0.00772. The lowest BCUT2D eigenvalue weighted by Gasteiger charge is -2.23. The van der Waals surface area contributed by atoms with E-state index in [1.165, 1.54) is 4.90 Å². The second-order valence-corrected chi connectivity index (χ2v) is 9.32. The molecule has 2 unspecified atom stereocenters. The van der Waals surface area contributed by atoms with Crippen LogP contribution in [0.1, 0.15) is 24.8 Å². The van der Waals surface area contributed by atoms with E-state index in [-0.39, 0.29) is 48.7 Å². The van der Waals surface area contributed by atoms with E-state index in [4.69, 9.17) is 5.11 Å². The Kier molecular flexibility index (Phi) is 5.50. The van der Waals surface area contributed by atoms with Crippen molar-refractivity contribution in [3.8, 4) is 0 Å². The van der Waals surface area contributed by atoms with Crippen LogP contribution in [0.2, 0.25) is 0 Å². The number of sulfone groups is 1. The zero-order valence-electron chi connectivity index (χ0n) is 14.8. The molecule has 2 saturated heterocycles. The van der Waals surface area contributed by atoms with Crippen molar-refractivity contribution in [1.29, 1.82) is 0 Å². The minimum Gasteiger partial charge on any atom is -0.481 e. The Morgan fingerprint density at radius 3 is 2.74 bits per heavy atom. The van der Waals surface area contributed by atoms with Crippen molar-refractivity contribution in [2.24, 2.45) is 5.92 Å². The number of carbonyl (C=O) groups is 3. The summed E-state index contributed by atoms with van der Waals surface area (Å²) in [6, 6.07) is 6.63. The smallest absolute Gasteiger partial charge is 0.303 e. The number of amides is 2. The molecule has 0 bridgehead atoms. The Morgan fingerprint density at radius 1 is 1.30 bits per heavy atom. The highest BCUT2D eigenvalue weighted by Gasteiger charge is 2.41. The van der Waals surface area contributed by atoms with Gasteiger partial charge in [-0.3, -0.25) is 14.4 Å². The van der Waals surface area contributed by atoms with Gasteiger partial charge in [-0.2, -0.15) is 0 Å². The van der Waals surface area contributed by atoms with E-state index in [1.807, 2.05) is 0 Å². The number of rotatable bonds is 6. The molecule has 9 heteroatoms. The van der Waals surface area contributed by atoms with E-state index < -0.39 is 21.7 Å². The normalized spacial score (nSPS) is 24.1. The number of hydrogen-bond acceptors (Lipinski definition) is 5. The molecule has 8 nitrogen and oxygen atoms in total. The van der Waals surface area contributed by atoms with E-state index in [0.717, 1.165) is 5.56 Å². The van der Waals surface area contributed by atoms with Gasteiger partial charge in [0, 0.05) is 31.1 Å². The van der Waals surface area contributed by atoms with Crippen LogP contribution >= 0.6 is 0 Å². The van der Waals surface area contributed by atoms with Crippen LogP contribution in [0, 0.1) is 5.92 Å². The first-order valence-corrected chi connectivity index (χ1v) is 10.7. The molecule has 27 heavy (non-hydrogen) atoms. The number of aliphatic carboxylic acids is 1. The Balaban J connectivity index is 1.60. The number of aryl methyl sites for hydroxylation is 1. The molecule has 3 rings (SSSR count). The van der Waals surface area contributed by atoms with Crippen LogP contribution in [0.15, 0.2) is 24.3 Å². The third kappa shape index (κ3) is 4.85.